The van der Waals surface area contributed by atoms with E-state index in [9.17, 15) is 13.2 Å². The van der Waals surface area contributed by atoms with Crippen molar-refractivity contribution in [3.63, 3.8) is 0 Å². The number of hydrogen-bond donors (Lipinski definition) is 1. The van der Waals surface area contributed by atoms with E-state index in [-0.39, 0.29) is 18.6 Å². The second-order valence-electron chi connectivity index (χ2n) is 10.3. The third-order valence-electron chi connectivity index (χ3n) is 6.60. The number of nitrogens with zero attached hydrogens (tertiary/aromatic N) is 2. The summed E-state index contributed by atoms with van der Waals surface area (Å²) in [5.41, 5.74) is 2.72. The summed E-state index contributed by atoms with van der Waals surface area (Å²) in [7, 11) is 0. The monoisotopic (exact) mass is 487 g/mol. The number of nitrogens with one attached hydrogen (secondary N) is 1. The maximum Gasteiger partial charge on any atom is 0.126 e. The number of ether oxygens (including phenoxy) is 1. The van der Waals surface area contributed by atoms with E-state index < -0.39 is 5.67 Å². The lowest BCUT2D eigenvalue weighted by Crippen LogP contribution is -2.53. The minimum Gasteiger partial charge on any atom is -0.488 e. The van der Waals surface area contributed by atoms with E-state index in [0.29, 0.717) is 24.8 Å². The van der Waals surface area contributed by atoms with Crippen molar-refractivity contribution in [3.05, 3.63) is 65.6 Å². The molecule has 0 spiro atoms. The normalized spacial score (nSPS) is 19.1. The molecule has 0 bridgehead atoms. The van der Waals surface area contributed by atoms with Gasteiger partial charge in [0, 0.05) is 61.4 Å². The number of halogens is 3. The van der Waals surface area contributed by atoms with Crippen molar-refractivity contribution in [2.24, 2.45) is 0 Å². The first-order valence-electron chi connectivity index (χ1n) is 12.4. The van der Waals surface area contributed by atoms with Crippen molar-refractivity contribution in [2.75, 3.05) is 32.9 Å². The number of H-pyrrole nitrogens is 1. The van der Waals surface area contributed by atoms with E-state index in [1.54, 1.807) is 26.0 Å². The summed E-state index contributed by atoms with van der Waals surface area (Å²) in [4.78, 5) is 7.85. The number of benzene rings is 2. The van der Waals surface area contributed by atoms with Crippen molar-refractivity contribution in [3.8, 4) is 5.75 Å². The van der Waals surface area contributed by atoms with Gasteiger partial charge in [-0.3, -0.25) is 14.2 Å². The van der Waals surface area contributed by atoms with E-state index >= 15 is 0 Å². The molecule has 3 heterocycles. The molecule has 2 aliphatic heterocycles. The summed E-state index contributed by atoms with van der Waals surface area (Å²) in [6.45, 7) is 8.91. The van der Waals surface area contributed by atoms with E-state index in [1.807, 2.05) is 0 Å². The average molecular weight is 488 g/mol. The average Bonchev–Trinajstić information content (AvgIpc) is 3.12. The molecule has 1 aromatic heterocycles. The molecule has 1 atom stereocenters. The molecule has 0 amide bonds. The van der Waals surface area contributed by atoms with Crippen LogP contribution in [0, 0.1) is 5.82 Å². The molecular formula is C28H36F3N3O. The zero-order valence-corrected chi connectivity index (χ0v) is 20.9. The molecule has 0 radical (unpaired) electrons. The Hall–Kier alpha value is -2.51. The summed E-state index contributed by atoms with van der Waals surface area (Å²) in [6.07, 6.45) is 1.68. The van der Waals surface area contributed by atoms with Crippen molar-refractivity contribution in [1.82, 2.24) is 14.8 Å². The fraction of sp³-hybridized carbons (Fsp3) is 0.500. The van der Waals surface area contributed by atoms with Crippen molar-refractivity contribution >= 4 is 10.9 Å². The number of alkyl halides is 2. The van der Waals surface area contributed by atoms with Gasteiger partial charge in [0.2, 0.25) is 0 Å². The molecule has 0 aliphatic carbocycles. The molecule has 7 heteroatoms. The van der Waals surface area contributed by atoms with Crippen LogP contribution in [0.4, 0.5) is 13.2 Å². The molecule has 1 N–H and O–H groups in total. The maximum absolute atomic E-state index is 13.9. The number of rotatable bonds is 7. The van der Waals surface area contributed by atoms with Gasteiger partial charge in [-0.15, -0.1) is 0 Å². The highest BCUT2D eigenvalue weighted by Gasteiger charge is 2.30. The number of hydrogen-bond acceptors (Lipinski definition) is 3. The number of para-hydroxylation sites is 1. The number of likely N-dealkylation sites (tertiary alicyclic amines) is 1. The standard InChI is InChI=1S/C16H21FN2.C12H15F2NO/c1-11-8-13-12-6-4-5-7-14(12)18-15(13)9-19(11)10-16(2,3)17;13-5-2-6-15-8-12(9-15)16-11-4-1-3-10(14)7-11/h4-7,11,18H,8-10H2,1-3H3;1,3-4,7,12H,2,5-6,8-9H2/t11-;/m1./s1. The van der Waals surface area contributed by atoms with Crippen LogP contribution in [0.3, 0.4) is 0 Å². The first-order chi connectivity index (χ1) is 16.7. The van der Waals surface area contributed by atoms with Crippen LogP contribution in [0.2, 0.25) is 0 Å². The zero-order valence-electron chi connectivity index (χ0n) is 20.9. The summed E-state index contributed by atoms with van der Waals surface area (Å²) < 4.78 is 44.2. The molecule has 0 saturated carbocycles. The van der Waals surface area contributed by atoms with Crippen molar-refractivity contribution in [2.45, 2.75) is 58.0 Å². The van der Waals surface area contributed by atoms with Crippen LogP contribution in [0.15, 0.2) is 48.5 Å². The van der Waals surface area contributed by atoms with Crippen LogP contribution in [0.25, 0.3) is 10.9 Å². The van der Waals surface area contributed by atoms with E-state index in [0.717, 1.165) is 32.6 Å². The van der Waals surface area contributed by atoms with Gasteiger partial charge in [0.25, 0.3) is 0 Å². The molecule has 5 rings (SSSR count). The predicted molar refractivity (Wildman–Crippen MR) is 135 cm³/mol. The Morgan fingerprint density at radius 1 is 1.11 bits per heavy atom. The highest BCUT2D eigenvalue weighted by Crippen LogP contribution is 2.31. The van der Waals surface area contributed by atoms with Gasteiger partial charge in [-0.05, 0) is 57.4 Å². The van der Waals surface area contributed by atoms with Crippen LogP contribution >= 0.6 is 0 Å². The molecular weight excluding hydrogens is 451 g/mol. The van der Waals surface area contributed by atoms with Crippen LogP contribution < -0.4 is 4.74 Å². The molecule has 35 heavy (non-hydrogen) atoms. The molecule has 2 aliphatic rings. The Labute approximate surface area is 206 Å². The Morgan fingerprint density at radius 2 is 1.89 bits per heavy atom. The Balaban J connectivity index is 0.000000168. The van der Waals surface area contributed by atoms with Gasteiger partial charge in [0.1, 0.15) is 23.3 Å². The lowest BCUT2D eigenvalue weighted by atomic mass is 9.96. The van der Waals surface area contributed by atoms with Crippen molar-refractivity contribution in [1.29, 1.82) is 0 Å². The molecule has 3 aromatic rings. The molecule has 0 unspecified atom stereocenters. The topological polar surface area (TPSA) is 31.5 Å². The van der Waals surface area contributed by atoms with Crippen LogP contribution in [0.1, 0.15) is 38.4 Å². The summed E-state index contributed by atoms with van der Waals surface area (Å²) in [5, 5.41) is 1.32. The first kappa shape index (κ1) is 25.6. The number of aromatic amines is 1. The minimum atomic E-state index is -1.14. The third kappa shape index (κ3) is 6.79. The van der Waals surface area contributed by atoms with Crippen LogP contribution in [0.5, 0.6) is 5.75 Å². The van der Waals surface area contributed by atoms with Crippen molar-refractivity contribution < 1.29 is 17.9 Å². The van der Waals surface area contributed by atoms with Gasteiger partial charge < -0.3 is 9.72 Å². The van der Waals surface area contributed by atoms with Crippen LogP contribution in [-0.4, -0.2) is 65.5 Å². The van der Waals surface area contributed by atoms with Crippen LogP contribution in [-0.2, 0) is 13.0 Å². The Kier molecular flexibility index (Phi) is 8.07. The molecule has 1 fully saturated rings. The quantitative estimate of drug-likeness (QED) is 0.450. The fourth-order valence-corrected chi connectivity index (χ4v) is 4.90. The molecule has 4 nitrogen and oxygen atoms in total. The lowest BCUT2D eigenvalue weighted by Gasteiger charge is -2.38. The van der Waals surface area contributed by atoms with Gasteiger partial charge in [-0.25, -0.2) is 8.78 Å². The molecule has 190 valence electrons. The second kappa shape index (κ2) is 11.0. The smallest absolute Gasteiger partial charge is 0.126 e. The van der Waals surface area contributed by atoms with Gasteiger partial charge in [0.05, 0.1) is 6.67 Å². The third-order valence-corrected chi connectivity index (χ3v) is 6.60. The largest absolute Gasteiger partial charge is 0.488 e. The number of aromatic nitrogens is 1. The maximum atomic E-state index is 13.9. The van der Waals surface area contributed by atoms with Gasteiger partial charge in [-0.2, -0.15) is 0 Å². The summed E-state index contributed by atoms with van der Waals surface area (Å²) in [5.74, 6) is 0.279. The Morgan fingerprint density at radius 3 is 2.60 bits per heavy atom. The van der Waals surface area contributed by atoms with E-state index in [2.05, 4.69) is 46.0 Å². The van der Waals surface area contributed by atoms with Gasteiger partial charge >= 0.3 is 0 Å². The van der Waals surface area contributed by atoms with E-state index in [1.165, 1.54) is 34.3 Å². The summed E-state index contributed by atoms with van der Waals surface area (Å²) in [6, 6.07) is 15.0. The Bertz CT molecular complexity index is 1100. The highest BCUT2D eigenvalue weighted by molar-refractivity contribution is 5.84. The molecule has 1 saturated heterocycles. The SMILES string of the molecule is C[C@@H]1Cc2c([nH]c3ccccc23)CN1CC(C)(C)F.FCCCN1CC(Oc2cccc(F)c2)C1. The highest BCUT2D eigenvalue weighted by atomic mass is 19.1. The van der Waals surface area contributed by atoms with Gasteiger partial charge in [0.15, 0.2) is 0 Å². The van der Waals surface area contributed by atoms with Gasteiger partial charge in [-0.1, -0.05) is 24.3 Å². The lowest BCUT2D eigenvalue weighted by molar-refractivity contribution is 0.0183. The second-order valence-corrected chi connectivity index (χ2v) is 10.3. The minimum absolute atomic E-state index is 0.112. The predicted octanol–water partition coefficient (Wildman–Crippen LogP) is 5.91. The number of fused-ring (bicyclic) bond motifs is 3. The zero-order chi connectivity index (χ0) is 25.0. The first-order valence-corrected chi connectivity index (χ1v) is 12.4. The summed E-state index contributed by atoms with van der Waals surface area (Å²) >= 11 is 0. The fourth-order valence-electron chi connectivity index (χ4n) is 4.90. The van der Waals surface area contributed by atoms with E-state index in [4.69, 9.17) is 4.74 Å². The molecule has 2 aromatic carbocycles.